The first kappa shape index (κ1) is 13.8. The third-order valence-corrected chi connectivity index (χ3v) is 2.50. The second kappa shape index (κ2) is 7.11. The Kier molecular flexibility index (Phi) is 5.76. The van der Waals surface area contributed by atoms with Gasteiger partial charge in [0, 0.05) is 25.2 Å². The normalized spacial score (nSPS) is 10.4. The largest absolute Gasteiger partial charge is 0.497 e. The number of ether oxygens (including phenoxy) is 3. The molecule has 0 fully saturated rings. The second-order valence-corrected chi connectivity index (χ2v) is 3.52. The molecule has 0 atom stereocenters. The summed E-state index contributed by atoms with van der Waals surface area (Å²) in [6.45, 7) is 0.923. The van der Waals surface area contributed by atoms with Gasteiger partial charge in [-0.3, -0.25) is 0 Å². The fraction of sp³-hybridized carbons (Fsp3) is 0.500. The van der Waals surface area contributed by atoms with E-state index in [4.69, 9.17) is 20.1 Å². The molecule has 5 heteroatoms. The maximum atomic E-state index is 5.34. The molecule has 0 amide bonds. The lowest BCUT2D eigenvalue weighted by Gasteiger charge is -2.15. The van der Waals surface area contributed by atoms with Crippen LogP contribution in [0.2, 0.25) is 0 Å². The predicted molar refractivity (Wildman–Crippen MR) is 64.1 cm³/mol. The quantitative estimate of drug-likeness (QED) is 0.729. The molecular formula is C12H19NO4. The highest BCUT2D eigenvalue weighted by atomic mass is 16.6. The van der Waals surface area contributed by atoms with E-state index in [-0.39, 0.29) is 0 Å². The van der Waals surface area contributed by atoms with Crippen molar-refractivity contribution in [1.29, 1.82) is 0 Å². The molecule has 0 bridgehead atoms. The average Bonchev–Trinajstić information content (AvgIpc) is 2.36. The summed E-state index contributed by atoms with van der Waals surface area (Å²) in [5.41, 5.74) is 2.04. The third kappa shape index (κ3) is 3.59. The lowest BCUT2D eigenvalue weighted by Crippen LogP contribution is -2.08. The van der Waals surface area contributed by atoms with E-state index in [1.54, 1.807) is 21.3 Å². The first-order valence-corrected chi connectivity index (χ1v) is 5.31. The average molecular weight is 241 g/mol. The van der Waals surface area contributed by atoms with Gasteiger partial charge in [-0.05, 0) is 11.6 Å². The zero-order valence-corrected chi connectivity index (χ0v) is 10.5. The minimum atomic E-state index is 0.430. The van der Waals surface area contributed by atoms with Crippen molar-refractivity contribution >= 4 is 0 Å². The van der Waals surface area contributed by atoms with Crippen LogP contribution in [-0.2, 0) is 22.6 Å². The zero-order valence-electron chi connectivity index (χ0n) is 10.5. The van der Waals surface area contributed by atoms with Crippen molar-refractivity contribution in [2.75, 3.05) is 27.9 Å². The molecule has 17 heavy (non-hydrogen) atoms. The van der Waals surface area contributed by atoms with Crippen molar-refractivity contribution < 1.29 is 19.0 Å². The molecule has 0 aromatic heterocycles. The minimum Gasteiger partial charge on any atom is -0.497 e. The molecule has 0 heterocycles. The van der Waals surface area contributed by atoms with Crippen molar-refractivity contribution in [1.82, 2.24) is 0 Å². The molecule has 0 saturated carbocycles. The van der Waals surface area contributed by atoms with Crippen LogP contribution in [0.1, 0.15) is 11.1 Å². The maximum Gasteiger partial charge on any atom is 0.126 e. The summed E-state index contributed by atoms with van der Waals surface area (Å²) in [6.07, 6.45) is 0.669. The Labute approximate surface area is 101 Å². The molecule has 0 aliphatic rings. The summed E-state index contributed by atoms with van der Waals surface area (Å²) >= 11 is 0. The van der Waals surface area contributed by atoms with Gasteiger partial charge in [0.2, 0.25) is 0 Å². The molecule has 1 aromatic carbocycles. The highest BCUT2D eigenvalue weighted by Gasteiger charge is 2.12. The highest BCUT2D eigenvalue weighted by molar-refractivity contribution is 5.46. The van der Waals surface area contributed by atoms with Crippen LogP contribution in [0.15, 0.2) is 12.1 Å². The molecule has 96 valence electrons. The van der Waals surface area contributed by atoms with Crippen LogP contribution in [0.3, 0.4) is 0 Å². The molecule has 0 saturated heterocycles. The second-order valence-electron chi connectivity index (χ2n) is 3.52. The Balaban J connectivity index is 3.10. The van der Waals surface area contributed by atoms with Gasteiger partial charge in [0.1, 0.15) is 11.5 Å². The van der Waals surface area contributed by atoms with E-state index in [1.165, 1.54) is 0 Å². The van der Waals surface area contributed by atoms with Gasteiger partial charge in [0.05, 0.1) is 27.4 Å². The number of hydrogen-bond donors (Lipinski definition) is 1. The minimum absolute atomic E-state index is 0.430. The van der Waals surface area contributed by atoms with E-state index in [9.17, 15) is 0 Å². The van der Waals surface area contributed by atoms with E-state index in [1.807, 2.05) is 12.1 Å². The van der Waals surface area contributed by atoms with Crippen LogP contribution in [0.5, 0.6) is 11.5 Å². The van der Waals surface area contributed by atoms with Gasteiger partial charge in [0.25, 0.3) is 0 Å². The number of rotatable bonds is 7. The van der Waals surface area contributed by atoms with Crippen molar-refractivity contribution in [2.24, 2.45) is 5.90 Å². The van der Waals surface area contributed by atoms with Crippen molar-refractivity contribution in [3.63, 3.8) is 0 Å². The van der Waals surface area contributed by atoms with Crippen LogP contribution in [0, 0.1) is 0 Å². The van der Waals surface area contributed by atoms with Crippen LogP contribution in [0.25, 0.3) is 0 Å². The van der Waals surface area contributed by atoms with Gasteiger partial charge >= 0.3 is 0 Å². The fourth-order valence-electron chi connectivity index (χ4n) is 1.70. The summed E-state index contributed by atoms with van der Waals surface area (Å²) in [6, 6.07) is 3.77. The Morgan fingerprint density at radius 2 is 1.88 bits per heavy atom. The number of benzene rings is 1. The van der Waals surface area contributed by atoms with E-state index in [0.717, 1.165) is 22.6 Å². The highest BCUT2D eigenvalue weighted by Crippen LogP contribution is 2.29. The molecule has 5 nitrogen and oxygen atoms in total. The van der Waals surface area contributed by atoms with Crippen LogP contribution < -0.4 is 15.4 Å². The van der Waals surface area contributed by atoms with E-state index < -0.39 is 0 Å². The van der Waals surface area contributed by atoms with E-state index in [2.05, 4.69) is 4.84 Å². The monoisotopic (exact) mass is 241 g/mol. The number of hydrogen-bond acceptors (Lipinski definition) is 5. The van der Waals surface area contributed by atoms with E-state index >= 15 is 0 Å². The van der Waals surface area contributed by atoms with Crippen LogP contribution in [-0.4, -0.2) is 27.9 Å². The molecule has 0 unspecified atom stereocenters. The smallest absolute Gasteiger partial charge is 0.126 e. The summed E-state index contributed by atoms with van der Waals surface area (Å²) < 4.78 is 15.7. The van der Waals surface area contributed by atoms with Crippen LogP contribution >= 0.6 is 0 Å². The Morgan fingerprint density at radius 3 is 2.41 bits per heavy atom. The molecule has 1 rings (SSSR count). The maximum absolute atomic E-state index is 5.34. The van der Waals surface area contributed by atoms with Gasteiger partial charge < -0.3 is 19.0 Å². The van der Waals surface area contributed by atoms with Gasteiger partial charge in [-0.25, -0.2) is 5.90 Å². The first-order chi connectivity index (χ1) is 8.26. The van der Waals surface area contributed by atoms with Crippen molar-refractivity contribution in [2.45, 2.75) is 13.0 Å². The topological polar surface area (TPSA) is 62.9 Å². The predicted octanol–water partition coefficient (Wildman–Crippen LogP) is 1.28. The molecule has 2 N–H and O–H groups in total. The van der Waals surface area contributed by atoms with Gasteiger partial charge in [-0.1, -0.05) is 0 Å². The summed E-state index contributed by atoms with van der Waals surface area (Å²) in [4.78, 5) is 4.61. The summed E-state index contributed by atoms with van der Waals surface area (Å²) in [5.74, 6) is 6.55. The van der Waals surface area contributed by atoms with E-state index in [0.29, 0.717) is 19.6 Å². The number of methoxy groups -OCH3 is 3. The zero-order chi connectivity index (χ0) is 12.7. The summed E-state index contributed by atoms with van der Waals surface area (Å²) in [7, 11) is 4.89. The third-order valence-electron chi connectivity index (χ3n) is 2.50. The van der Waals surface area contributed by atoms with Crippen LogP contribution in [0.4, 0.5) is 0 Å². The lowest BCUT2D eigenvalue weighted by molar-refractivity contribution is 0.139. The Hall–Kier alpha value is -1.30. The Morgan fingerprint density at radius 1 is 1.12 bits per heavy atom. The molecule has 0 radical (unpaired) electrons. The van der Waals surface area contributed by atoms with Gasteiger partial charge in [-0.15, -0.1) is 0 Å². The molecule has 0 spiro atoms. The molecule has 0 aliphatic carbocycles. The standard InChI is InChI=1S/C12H19NO4/c1-14-8-9-6-10(15-2)7-12(16-3)11(9)4-5-17-13/h6-7H,4-5,8,13H2,1-3H3. The Bertz CT molecular complexity index is 355. The SMILES string of the molecule is COCc1cc(OC)cc(OC)c1CCON. The van der Waals surface area contributed by atoms with Crippen molar-refractivity contribution in [3.05, 3.63) is 23.3 Å². The van der Waals surface area contributed by atoms with Gasteiger partial charge in [0.15, 0.2) is 0 Å². The molecular weight excluding hydrogens is 222 g/mol. The lowest BCUT2D eigenvalue weighted by atomic mass is 10.0. The fourth-order valence-corrected chi connectivity index (χ4v) is 1.70. The van der Waals surface area contributed by atoms with Crippen molar-refractivity contribution in [3.8, 4) is 11.5 Å². The van der Waals surface area contributed by atoms with Gasteiger partial charge in [-0.2, -0.15) is 0 Å². The molecule has 1 aromatic rings. The first-order valence-electron chi connectivity index (χ1n) is 5.31. The molecule has 0 aliphatic heterocycles. The number of nitrogens with two attached hydrogens (primary N) is 1. The summed E-state index contributed by atoms with van der Waals surface area (Å²) in [5, 5.41) is 0.